The summed E-state index contributed by atoms with van der Waals surface area (Å²) in [7, 11) is 0.0501. The van der Waals surface area contributed by atoms with Crippen molar-refractivity contribution in [3.8, 4) is 0 Å². The zero-order valence-corrected chi connectivity index (χ0v) is 11.8. The summed E-state index contributed by atoms with van der Waals surface area (Å²) >= 11 is 0. The number of hydrogen-bond donors (Lipinski definition) is 1. The Morgan fingerprint density at radius 3 is 2.33 bits per heavy atom. The molecule has 1 aromatic rings. The summed E-state index contributed by atoms with van der Waals surface area (Å²) in [5, 5.41) is 5.05. The molecule has 0 spiro atoms. The van der Waals surface area contributed by atoms with Crippen molar-refractivity contribution in [1.29, 1.82) is 0 Å². The highest BCUT2D eigenvalue weighted by atomic mass is 32.2. The number of sulfonamides is 1. The molecule has 0 heterocycles. The lowest BCUT2D eigenvalue weighted by Gasteiger charge is -2.24. The summed E-state index contributed by atoms with van der Waals surface area (Å²) in [5.41, 5.74) is 1.04. The predicted molar refractivity (Wildman–Crippen MR) is 70.7 cm³/mol. The molecule has 0 aliphatic carbocycles. The van der Waals surface area contributed by atoms with Gasteiger partial charge >= 0.3 is 0 Å². The van der Waals surface area contributed by atoms with Gasteiger partial charge in [0.15, 0.2) is 0 Å². The van der Waals surface area contributed by atoms with Gasteiger partial charge in [-0.2, -0.15) is 0 Å². The maximum Gasteiger partial charge on any atom is 0.238 e. The van der Waals surface area contributed by atoms with Crippen molar-refractivity contribution in [3.63, 3.8) is 0 Å². The molecule has 5 nitrogen and oxygen atoms in total. The van der Waals surface area contributed by atoms with Crippen LogP contribution in [0.5, 0.6) is 0 Å². The number of primary sulfonamides is 1. The maximum absolute atomic E-state index is 11.1. The summed E-state index contributed by atoms with van der Waals surface area (Å²) in [6.07, 6.45) is 0. The van der Waals surface area contributed by atoms with Gasteiger partial charge in [-0.3, -0.25) is 4.90 Å². The number of ether oxygens (including phenoxy) is 1. The van der Waals surface area contributed by atoms with Gasteiger partial charge in [0, 0.05) is 19.7 Å². The van der Waals surface area contributed by atoms with Crippen LogP contribution in [0.1, 0.15) is 18.5 Å². The van der Waals surface area contributed by atoms with Crippen LogP contribution in [0, 0.1) is 0 Å². The van der Waals surface area contributed by atoms with E-state index in [0.717, 1.165) is 12.1 Å². The minimum atomic E-state index is -3.61. The summed E-state index contributed by atoms with van der Waals surface area (Å²) < 4.78 is 27.3. The molecule has 0 aliphatic heterocycles. The molecule has 2 N–H and O–H groups in total. The van der Waals surface area contributed by atoms with E-state index in [1.165, 1.54) is 12.1 Å². The second-order valence-electron chi connectivity index (χ2n) is 4.26. The summed E-state index contributed by atoms with van der Waals surface area (Å²) in [5.74, 6) is 0. The quantitative estimate of drug-likeness (QED) is 0.837. The fourth-order valence-electron chi connectivity index (χ4n) is 1.62. The molecule has 0 aromatic heterocycles. The fraction of sp³-hybridized carbons (Fsp3) is 0.500. The van der Waals surface area contributed by atoms with Crippen LogP contribution in [0.3, 0.4) is 0 Å². The number of benzene rings is 1. The molecular weight excluding hydrogens is 252 g/mol. The van der Waals surface area contributed by atoms with Crippen molar-refractivity contribution in [3.05, 3.63) is 29.8 Å². The Bertz CT molecular complexity index is 471. The van der Waals surface area contributed by atoms with Crippen LogP contribution in [0.4, 0.5) is 0 Å². The first kappa shape index (κ1) is 15.1. The Balaban J connectivity index is 2.79. The average molecular weight is 272 g/mol. The fourth-order valence-corrected chi connectivity index (χ4v) is 2.13. The molecular formula is C12H20N2O3S. The Kier molecular flexibility index (Phi) is 5.28. The van der Waals surface area contributed by atoms with E-state index >= 15 is 0 Å². The van der Waals surface area contributed by atoms with Crippen LogP contribution in [-0.4, -0.2) is 40.6 Å². The minimum Gasteiger partial charge on any atom is -0.383 e. The number of nitrogens with two attached hydrogens (primary N) is 1. The standard InChI is InChI=1S/C12H20N2O3S/c1-10(14(2)8-9-17-3)11-4-6-12(7-5-11)18(13,15)16/h4-7,10H,8-9H2,1-3H3,(H2,13,15,16). The van der Waals surface area contributed by atoms with E-state index in [1.807, 2.05) is 7.05 Å². The minimum absolute atomic E-state index is 0.137. The van der Waals surface area contributed by atoms with E-state index < -0.39 is 10.0 Å². The van der Waals surface area contributed by atoms with Gasteiger partial charge in [0.05, 0.1) is 11.5 Å². The van der Waals surface area contributed by atoms with E-state index in [9.17, 15) is 8.42 Å². The lowest BCUT2D eigenvalue weighted by molar-refractivity contribution is 0.143. The maximum atomic E-state index is 11.1. The molecule has 0 fully saturated rings. The monoisotopic (exact) mass is 272 g/mol. The van der Waals surface area contributed by atoms with Gasteiger partial charge in [-0.15, -0.1) is 0 Å². The van der Waals surface area contributed by atoms with E-state index in [4.69, 9.17) is 9.88 Å². The molecule has 1 unspecified atom stereocenters. The van der Waals surface area contributed by atoms with Crippen LogP contribution in [0.15, 0.2) is 29.2 Å². The first-order valence-corrected chi connectivity index (χ1v) is 7.23. The second kappa shape index (κ2) is 6.29. The lowest BCUT2D eigenvalue weighted by Crippen LogP contribution is -2.26. The number of rotatable bonds is 6. The van der Waals surface area contributed by atoms with Gasteiger partial charge in [0.25, 0.3) is 0 Å². The molecule has 1 atom stereocenters. The normalized spacial score (nSPS) is 13.8. The van der Waals surface area contributed by atoms with Crippen LogP contribution >= 0.6 is 0 Å². The highest BCUT2D eigenvalue weighted by Crippen LogP contribution is 2.19. The number of nitrogens with zero attached hydrogens (tertiary/aromatic N) is 1. The second-order valence-corrected chi connectivity index (χ2v) is 5.82. The topological polar surface area (TPSA) is 72.6 Å². The smallest absolute Gasteiger partial charge is 0.238 e. The highest BCUT2D eigenvalue weighted by molar-refractivity contribution is 7.89. The van der Waals surface area contributed by atoms with Crippen LogP contribution < -0.4 is 5.14 Å². The Morgan fingerprint density at radius 2 is 1.89 bits per heavy atom. The van der Waals surface area contributed by atoms with Gasteiger partial charge in [-0.05, 0) is 31.7 Å². The Morgan fingerprint density at radius 1 is 1.33 bits per heavy atom. The van der Waals surface area contributed by atoms with Gasteiger partial charge in [-0.1, -0.05) is 12.1 Å². The molecule has 18 heavy (non-hydrogen) atoms. The summed E-state index contributed by atoms with van der Waals surface area (Å²) in [6.45, 7) is 3.53. The van der Waals surface area contributed by atoms with Gasteiger partial charge < -0.3 is 4.74 Å². The average Bonchev–Trinajstić information content (AvgIpc) is 2.34. The molecule has 1 rings (SSSR count). The van der Waals surface area contributed by atoms with Gasteiger partial charge in [0.2, 0.25) is 10.0 Å². The summed E-state index contributed by atoms with van der Waals surface area (Å²) in [4.78, 5) is 2.27. The van der Waals surface area contributed by atoms with E-state index in [1.54, 1.807) is 19.2 Å². The summed E-state index contributed by atoms with van der Waals surface area (Å²) in [6, 6.07) is 6.83. The van der Waals surface area contributed by atoms with E-state index in [2.05, 4.69) is 11.8 Å². The number of methoxy groups -OCH3 is 1. The van der Waals surface area contributed by atoms with Crippen LogP contribution in [0.2, 0.25) is 0 Å². The van der Waals surface area contributed by atoms with E-state index in [0.29, 0.717) is 6.61 Å². The zero-order chi connectivity index (χ0) is 13.8. The van der Waals surface area contributed by atoms with Crippen molar-refractivity contribution in [2.45, 2.75) is 17.9 Å². The molecule has 6 heteroatoms. The molecule has 0 aliphatic rings. The zero-order valence-electron chi connectivity index (χ0n) is 11.0. The van der Waals surface area contributed by atoms with Gasteiger partial charge in [0.1, 0.15) is 0 Å². The van der Waals surface area contributed by atoms with Crippen LogP contribution in [0.25, 0.3) is 0 Å². The third-order valence-corrected chi connectivity index (χ3v) is 3.93. The highest BCUT2D eigenvalue weighted by Gasteiger charge is 2.13. The first-order valence-electron chi connectivity index (χ1n) is 5.68. The van der Waals surface area contributed by atoms with E-state index in [-0.39, 0.29) is 10.9 Å². The largest absolute Gasteiger partial charge is 0.383 e. The van der Waals surface area contributed by atoms with Crippen molar-refractivity contribution >= 4 is 10.0 Å². The number of hydrogen-bond acceptors (Lipinski definition) is 4. The van der Waals surface area contributed by atoms with Crippen molar-refractivity contribution in [2.24, 2.45) is 5.14 Å². The third kappa shape index (κ3) is 4.06. The molecule has 0 saturated carbocycles. The Hall–Kier alpha value is -0.950. The number of likely N-dealkylation sites (N-methyl/N-ethyl adjacent to an activating group) is 1. The molecule has 0 bridgehead atoms. The van der Waals surface area contributed by atoms with Crippen LogP contribution in [-0.2, 0) is 14.8 Å². The molecule has 102 valence electrons. The molecule has 0 amide bonds. The predicted octanol–water partition coefficient (Wildman–Crippen LogP) is 0.973. The van der Waals surface area contributed by atoms with Crippen molar-refractivity contribution < 1.29 is 13.2 Å². The Labute approximate surface area is 109 Å². The lowest BCUT2D eigenvalue weighted by atomic mass is 10.1. The van der Waals surface area contributed by atoms with Crippen molar-refractivity contribution in [1.82, 2.24) is 4.90 Å². The van der Waals surface area contributed by atoms with Crippen molar-refractivity contribution in [2.75, 3.05) is 27.3 Å². The molecule has 1 aromatic carbocycles. The molecule has 0 radical (unpaired) electrons. The SMILES string of the molecule is COCCN(C)C(C)c1ccc(S(N)(=O)=O)cc1. The third-order valence-electron chi connectivity index (χ3n) is 3.00. The first-order chi connectivity index (χ1) is 8.36. The van der Waals surface area contributed by atoms with Gasteiger partial charge in [-0.25, -0.2) is 13.6 Å². The molecule has 0 saturated heterocycles.